The molecule has 1 aromatic heterocycles. The molecule has 1 atom stereocenters. The molecule has 2 aromatic rings. The normalized spacial score (nSPS) is 11.7. The van der Waals surface area contributed by atoms with Crippen molar-refractivity contribution in [3.8, 4) is 0 Å². The van der Waals surface area contributed by atoms with E-state index in [1.54, 1.807) is 19.1 Å². The molecule has 0 saturated carbocycles. The molecule has 0 aliphatic carbocycles. The molecule has 0 spiro atoms. The van der Waals surface area contributed by atoms with Crippen LogP contribution >= 0.6 is 11.3 Å². The Bertz CT molecular complexity index is 608. The monoisotopic (exact) mass is 288 g/mol. The number of hydrogen-bond donors (Lipinski definition) is 2. The summed E-state index contributed by atoms with van der Waals surface area (Å²) in [5.41, 5.74) is 2.31. The zero-order valence-corrected chi connectivity index (χ0v) is 12.2. The van der Waals surface area contributed by atoms with Gasteiger partial charge in [-0.2, -0.15) is 11.3 Å². The van der Waals surface area contributed by atoms with Crippen LogP contribution in [0, 0.1) is 6.92 Å². The molecule has 0 aliphatic rings. The Labute approximate surface area is 121 Å². The van der Waals surface area contributed by atoms with Crippen LogP contribution in [-0.4, -0.2) is 17.9 Å². The first-order valence-electron chi connectivity index (χ1n) is 6.27. The molecule has 0 bridgehead atoms. The lowest BCUT2D eigenvalue weighted by molar-refractivity contribution is -0.117. The van der Waals surface area contributed by atoms with E-state index in [1.165, 1.54) is 11.3 Å². The zero-order valence-electron chi connectivity index (χ0n) is 11.3. The SMILES string of the molecule is Cc1cccc(C(=O)NC(C)C(=O)Nc2ccsc2)c1. The molecule has 1 unspecified atom stereocenters. The number of nitrogens with one attached hydrogen (secondary N) is 2. The number of carbonyl (C=O) groups excluding carboxylic acids is 2. The summed E-state index contributed by atoms with van der Waals surface area (Å²) < 4.78 is 0. The van der Waals surface area contributed by atoms with Crippen molar-refractivity contribution in [2.75, 3.05) is 5.32 Å². The third kappa shape index (κ3) is 3.68. The number of rotatable bonds is 4. The van der Waals surface area contributed by atoms with Gasteiger partial charge in [-0.05, 0) is 37.4 Å². The summed E-state index contributed by atoms with van der Waals surface area (Å²) in [6.45, 7) is 3.58. The Morgan fingerprint density at radius 3 is 2.70 bits per heavy atom. The molecule has 2 amide bonds. The number of anilines is 1. The molecule has 0 fully saturated rings. The van der Waals surface area contributed by atoms with Crippen LogP contribution < -0.4 is 10.6 Å². The highest BCUT2D eigenvalue weighted by molar-refractivity contribution is 7.08. The molecule has 1 heterocycles. The Hall–Kier alpha value is -2.14. The molecule has 0 radical (unpaired) electrons. The van der Waals surface area contributed by atoms with E-state index >= 15 is 0 Å². The summed E-state index contributed by atoms with van der Waals surface area (Å²) in [6.07, 6.45) is 0. The largest absolute Gasteiger partial charge is 0.341 e. The second-order valence-corrected chi connectivity index (χ2v) is 5.35. The third-order valence-corrected chi connectivity index (χ3v) is 3.49. The molecule has 20 heavy (non-hydrogen) atoms. The molecule has 1 aromatic carbocycles. The Kier molecular flexibility index (Phi) is 4.53. The summed E-state index contributed by atoms with van der Waals surface area (Å²) in [4.78, 5) is 23.9. The van der Waals surface area contributed by atoms with Gasteiger partial charge < -0.3 is 10.6 Å². The summed E-state index contributed by atoms with van der Waals surface area (Å²) in [5.74, 6) is -0.480. The minimum absolute atomic E-state index is 0.232. The predicted octanol–water partition coefficient (Wildman–Crippen LogP) is 2.81. The van der Waals surface area contributed by atoms with E-state index in [0.717, 1.165) is 11.3 Å². The maximum absolute atomic E-state index is 12.0. The quantitative estimate of drug-likeness (QED) is 0.909. The van der Waals surface area contributed by atoms with Gasteiger partial charge in [0.2, 0.25) is 5.91 Å². The number of carbonyl (C=O) groups is 2. The molecular formula is C15H16N2O2S. The highest BCUT2D eigenvalue weighted by atomic mass is 32.1. The first kappa shape index (κ1) is 14.3. The highest BCUT2D eigenvalue weighted by Crippen LogP contribution is 2.12. The van der Waals surface area contributed by atoms with Gasteiger partial charge in [0.15, 0.2) is 0 Å². The standard InChI is InChI=1S/C15H16N2O2S/c1-10-4-3-5-12(8-10)15(19)16-11(2)14(18)17-13-6-7-20-9-13/h3-9,11H,1-2H3,(H,16,19)(H,17,18). The number of hydrogen-bond acceptors (Lipinski definition) is 3. The van der Waals surface area contributed by atoms with E-state index in [1.807, 2.05) is 35.9 Å². The minimum atomic E-state index is -0.595. The minimum Gasteiger partial charge on any atom is -0.341 e. The molecule has 4 nitrogen and oxygen atoms in total. The van der Waals surface area contributed by atoms with Crippen LogP contribution in [-0.2, 0) is 4.79 Å². The summed E-state index contributed by atoms with van der Waals surface area (Å²) in [6, 6.07) is 8.48. The average Bonchev–Trinajstić information content (AvgIpc) is 2.91. The van der Waals surface area contributed by atoms with Crippen molar-refractivity contribution in [2.45, 2.75) is 19.9 Å². The Morgan fingerprint density at radius 1 is 1.25 bits per heavy atom. The topological polar surface area (TPSA) is 58.2 Å². The van der Waals surface area contributed by atoms with Crippen LogP contribution in [0.3, 0.4) is 0 Å². The third-order valence-electron chi connectivity index (χ3n) is 2.81. The van der Waals surface area contributed by atoms with E-state index in [2.05, 4.69) is 10.6 Å². The first-order chi connectivity index (χ1) is 9.56. The van der Waals surface area contributed by atoms with Crippen molar-refractivity contribution in [3.63, 3.8) is 0 Å². The lowest BCUT2D eigenvalue weighted by atomic mass is 10.1. The summed E-state index contributed by atoms with van der Waals surface area (Å²) in [5, 5.41) is 9.16. The summed E-state index contributed by atoms with van der Waals surface area (Å²) in [7, 11) is 0. The van der Waals surface area contributed by atoms with E-state index in [9.17, 15) is 9.59 Å². The molecule has 0 saturated heterocycles. The molecule has 0 aliphatic heterocycles. The summed E-state index contributed by atoms with van der Waals surface area (Å²) >= 11 is 1.50. The van der Waals surface area contributed by atoms with Crippen molar-refractivity contribution in [3.05, 3.63) is 52.2 Å². The molecule has 104 valence electrons. The van der Waals surface area contributed by atoms with Crippen molar-refractivity contribution < 1.29 is 9.59 Å². The number of aryl methyl sites for hydroxylation is 1. The van der Waals surface area contributed by atoms with Crippen LogP contribution in [0.1, 0.15) is 22.8 Å². The smallest absolute Gasteiger partial charge is 0.251 e. The van der Waals surface area contributed by atoms with Crippen molar-refractivity contribution in [1.82, 2.24) is 5.32 Å². The Morgan fingerprint density at radius 2 is 2.05 bits per heavy atom. The maximum atomic E-state index is 12.0. The Balaban J connectivity index is 1.95. The van der Waals surface area contributed by atoms with Crippen LogP contribution in [0.15, 0.2) is 41.1 Å². The van der Waals surface area contributed by atoms with Gasteiger partial charge in [-0.15, -0.1) is 0 Å². The highest BCUT2D eigenvalue weighted by Gasteiger charge is 2.16. The molecular weight excluding hydrogens is 272 g/mol. The van der Waals surface area contributed by atoms with Crippen LogP contribution in [0.25, 0.3) is 0 Å². The first-order valence-corrected chi connectivity index (χ1v) is 7.21. The number of thiophene rings is 1. The average molecular weight is 288 g/mol. The maximum Gasteiger partial charge on any atom is 0.251 e. The molecule has 2 N–H and O–H groups in total. The number of amides is 2. The van der Waals surface area contributed by atoms with Gasteiger partial charge in [0, 0.05) is 10.9 Å². The van der Waals surface area contributed by atoms with E-state index < -0.39 is 6.04 Å². The van der Waals surface area contributed by atoms with Crippen molar-refractivity contribution in [1.29, 1.82) is 0 Å². The van der Waals surface area contributed by atoms with Gasteiger partial charge in [0.1, 0.15) is 6.04 Å². The van der Waals surface area contributed by atoms with Gasteiger partial charge in [0.05, 0.1) is 5.69 Å². The molecule has 2 rings (SSSR count). The lowest BCUT2D eigenvalue weighted by Crippen LogP contribution is -2.41. The van der Waals surface area contributed by atoms with Gasteiger partial charge in [-0.3, -0.25) is 9.59 Å². The fraction of sp³-hybridized carbons (Fsp3) is 0.200. The van der Waals surface area contributed by atoms with Crippen molar-refractivity contribution in [2.24, 2.45) is 0 Å². The fourth-order valence-corrected chi connectivity index (χ4v) is 2.31. The zero-order chi connectivity index (χ0) is 14.5. The van der Waals surface area contributed by atoms with E-state index in [-0.39, 0.29) is 11.8 Å². The second kappa shape index (κ2) is 6.34. The predicted molar refractivity (Wildman–Crippen MR) is 81.1 cm³/mol. The van der Waals surface area contributed by atoms with Crippen molar-refractivity contribution >= 4 is 28.8 Å². The van der Waals surface area contributed by atoms with Gasteiger partial charge in [-0.25, -0.2) is 0 Å². The van der Waals surface area contributed by atoms with E-state index in [0.29, 0.717) is 5.56 Å². The lowest BCUT2D eigenvalue weighted by Gasteiger charge is -2.13. The van der Waals surface area contributed by atoms with E-state index in [4.69, 9.17) is 0 Å². The van der Waals surface area contributed by atoms with Crippen LogP contribution in [0.2, 0.25) is 0 Å². The molecule has 5 heteroatoms. The second-order valence-electron chi connectivity index (χ2n) is 4.57. The van der Waals surface area contributed by atoms with Gasteiger partial charge >= 0.3 is 0 Å². The van der Waals surface area contributed by atoms with Gasteiger partial charge in [0.25, 0.3) is 5.91 Å². The fourth-order valence-electron chi connectivity index (χ4n) is 1.72. The van der Waals surface area contributed by atoms with Crippen LogP contribution in [0.5, 0.6) is 0 Å². The number of benzene rings is 1. The van der Waals surface area contributed by atoms with Gasteiger partial charge in [-0.1, -0.05) is 17.7 Å². The van der Waals surface area contributed by atoms with Crippen LogP contribution in [0.4, 0.5) is 5.69 Å².